The van der Waals surface area contributed by atoms with Gasteiger partial charge in [-0.1, -0.05) is 6.07 Å². The van der Waals surface area contributed by atoms with Crippen molar-refractivity contribution in [3.63, 3.8) is 0 Å². The van der Waals surface area contributed by atoms with Crippen LogP contribution in [0.5, 0.6) is 11.5 Å². The number of methoxy groups -OCH3 is 1. The summed E-state index contributed by atoms with van der Waals surface area (Å²) in [6, 6.07) is 6.64. The maximum atomic E-state index is 13.7. The van der Waals surface area contributed by atoms with Crippen LogP contribution in [-0.4, -0.2) is 35.0 Å². The van der Waals surface area contributed by atoms with E-state index >= 15 is 0 Å². The predicted molar refractivity (Wildman–Crippen MR) is 137 cm³/mol. The number of nitro groups is 1. The normalized spacial score (nSPS) is 22.1. The number of Topliss-reactive ketones (excluding diaryl/α,β-unsaturated/α-hetero) is 1. The van der Waals surface area contributed by atoms with Crippen LogP contribution < -0.4 is 10.1 Å². The molecule has 1 fully saturated rings. The molecule has 2 heterocycles. The first-order valence-corrected chi connectivity index (χ1v) is 13.2. The number of carbonyl (C=O) groups excluding carboxylic acids is 2. The second-order valence-electron chi connectivity index (χ2n) is 9.69. The van der Waals surface area contributed by atoms with Crippen molar-refractivity contribution < 1.29 is 29.1 Å². The molecule has 9 nitrogen and oxygen atoms in total. The van der Waals surface area contributed by atoms with E-state index in [9.17, 15) is 24.8 Å². The minimum absolute atomic E-state index is 0.00267. The van der Waals surface area contributed by atoms with Crippen LogP contribution in [-0.2, 0) is 14.3 Å². The van der Waals surface area contributed by atoms with Crippen LogP contribution in [0.15, 0.2) is 52.2 Å². The summed E-state index contributed by atoms with van der Waals surface area (Å²) in [5, 5.41) is 27.4. The summed E-state index contributed by atoms with van der Waals surface area (Å²) in [6.07, 6.45) is 4.16. The van der Waals surface area contributed by atoms with E-state index in [1.54, 1.807) is 18.3 Å². The van der Waals surface area contributed by atoms with Gasteiger partial charge in [0.05, 0.1) is 17.6 Å². The summed E-state index contributed by atoms with van der Waals surface area (Å²) < 4.78 is 11.1. The number of rotatable bonds is 6. The molecule has 1 aromatic carbocycles. The Hall–Kier alpha value is -3.66. The molecule has 10 heteroatoms. The molecule has 1 aliphatic heterocycles. The summed E-state index contributed by atoms with van der Waals surface area (Å²) in [7, 11) is 1.30. The van der Waals surface area contributed by atoms with Gasteiger partial charge >= 0.3 is 11.7 Å². The first kappa shape index (κ1) is 25.0. The maximum absolute atomic E-state index is 13.7. The van der Waals surface area contributed by atoms with Crippen molar-refractivity contribution in [2.24, 2.45) is 0 Å². The smallest absolute Gasteiger partial charge is 0.337 e. The quantitative estimate of drug-likeness (QED) is 0.299. The van der Waals surface area contributed by atoms with Crippen molar-refractivity contribution in [3.05, 3.63) is 72.7 Å². The molecular weight excluding hydrogens is 496 g/mol. The van der Waals surface area contributed by atoms with Gasteiger partial charge in [-0.2, -0.15) is 0 Å². The van der Waals surface area contributed by atoms with Gasteiger partial charge in [0.2, 0.25) is 5.75 Å². The molecule has 1 aromatic heterocycles. The number of carbonyl (C=O) groups is 2. The number of ketones is 1. The van der Waals surface area contributed by atoms with E-state index in [0.717, 1.165) is 30.6 Å². The summed E-state index contributed by atoms with van der Waals surface area (Å²) in [5.41, 5.74) is 1.65. The maximum Gasteiger partial charge on any atom is 0.337 e. The second kappa shape index (κ2) is 10.0. The number of hydrogen-bond donors (Lipinski definition) is 2. The fourth-order valence-corrected chi connectivity index (χ4v) is 6.49. The third kappa shape index (κ3) is 4.61. The zero-order valence-corrected chi connectivity index (χ0v) is 21.4. The zero-order valence-electron chi connectivity index (χ0n) is 20.6. The number of phenols is 1. The molecule has 0 amide bonds. The highest BCUT2D eigenvalue weighted by molar-refractivity contribution is 7.10. The third-order valence-corrected chi connectivity index (χ3v) is 8.43. The van der Waals surface area contributed by atoms with Crippen molar-refractivity contribution in [2.75, 3.05) is 7.11 Å². The molecule has 3 aliphatic rings. The van der Waals surface area contributed by atoms with Gasteiger partial charge < -0.3 is 19.9 Å². The van der Waals surface area contributed by atoms with Gasteiger partial charge in [0.15, 0.2) is 11.5 Å². The Morgan fingerprint density at radius 3 is 2.65 bits per heavy atom. The summed E-state index contributed by atoms with van der Waals surface area (Å²) in [6.45, 7) is 1.76. The second-order valence-corrected chi connectivity index (χ2v) is 10.7. The number of thiophene rings is 1. The van der Waals surface area contributed by atoms with Crippen LogP contribution in [0.1, 0.15) is 67.7 Å². The van der Waals surface area contributed by atoms with Gasteiger partial charge in [-0.15, -0.1) is 11.3 Å². The highest BCUT2D eigenvalue weighted by Crippen LogP contribution is 2.49. The fourth-order valence-electron chi connectivity index (χ4n) is 5.66. The number of ether oxygens (including phenoxy) is 2. The minimum Gasteiger partial charge on any atom is -0.500 e. The minimum atomic E-state index is -0.893. The van der Waals surface area contributed by atoms with Gasteiger partial charge in [0.25, 0.3) is 0 Å². The molecule has 2 aliphatic carbocycles. The topological polar surface area (TPSA) is 128 Å². The molecule has 0 spiro atoms. The van der Waals surface area contributed by atoms with E-state index < -0.39 is 28.2 Å². The summed E-state index contributed by atoms with van der Waals surface area (Å²) in [5.74, 6) is -2.28. The van der Waals surface area contributed by atoms with Crippen LogP contribution in [0.4, 0.5) is 5.69 Å². The van der Waals surface area contributed by atoms with Crippen LogP contribution in [0.25, 0.3) is 0 Å². The van der Waals surface area contributed by atoms with Crippen LogP contribution in [0, 0.1) is 10.1 Å². The molecule has 0 radical (unpaired) electrons. The summed E-state index contributed by atoms with van der Waals surface area (Å²) >= 11 is 1.60. The largest absolute Gasteiger partial charge is 0.500 e. The number of aromatic hydroxyl groups is 1. The lowest BCUT2D eigenvalue weighted by molar-refractivity contribution is -0.386. The molecule has 0 saturated heterocycles. The van der Waals surface area contributed by atoms with E-state index in [-0.39, 0.29) is 35.5 Å². The van der Waals surface area contributed by atoms with Gasteiger partial charge in [-0.3, -0.25) is 14.9 Å². The van der Waals surface area contributed by atoms with Crippen LogP contribution >= 0.6 is 11.3 Å². The van der Waals surface area contributed by atoms with Gasteiger partial charge in [-0.25, -0.2) is 4.79 Å². The number of hydrogen-bond acceptors (Lipinski definition) is 9. The Labute approximate surface area is 217 Å². The lowest BCUT2D eigenvalue weighted by Crippen LogP contribution is -2.36. The zero-order chi connectivity index (χ0) is 26.3. The number of esters is 1. The van der Waals surface area contributed by atoms with E-state index in [4.69, 9.17) is 9.47 Å². The Morgan fingerprint density at radius 2 is 2.00 bits per heavy atom. The number of phenolic OH excluding ortho intramolecular Hbond substituents is 1. The number of nitro benzene ring substituents is 1. The van der Waals surface area contributed by atoms with E-state index in [2.05, 4.69) is 5.32 Å². The molecule has 0 unspecified atom stereocenters. The molecular formula is C27H28N2O7S. The van der Waals surface area contributed by atoms with Crippen molar-refractivity contribution in [1.29, 1.82) is 0 Å². The molecule has 2 atom stereocenters. The van der Waals surface area contributed by atoms with Crippen LogP contribution in [0.3, 0.4) is 0 Å². The monoisotopic (exact) mass is 524 g/mol. The van der Waals surface area contributed by atoms with Gasteiger partial charge in [-0.05, 0) is 62.1 Å². The van der Waals surface area contributed by atoms with E-state index in [0.29, 0.717) is 29.0 Å². The Bertz CT molecular complexity index is 1320. The highest BCUT2D eigenvalue weighted by atomic mass is 32.1. The Balaban J connectivity index is 1.64. The molecule has 1 saturated carbocycles. The first-order valence-electron chi connectivity index (χ1n) is 12.3. The molecule has 194 valence electrons. The average Bonchev–Trinajstić information content (AvgIpc) is 3.57. The lowest BCUT2D eigenvalue weighted by Gasteiger charge is -2.36. The Morgan fingerprint density at radius 1 is 1.24 bits per heavy atom. The number of allylic oxidation sites excluding steroid dienone is 3. The standard InChI is InChI=1S/C27H28N2O7S/c1-14-23(27(32)36-17-6-3-4-7-17)24(16-11-19(29(33)34)26(31)21(13-16)35-2)25-18(28-14)10-15(12-20(25)30)22-8-5-9-37-22/h5,8-9,11,13,15,17,24,28,31H,3-4,6-7,10,12H2,1-2H3/t15-,24+/m0/s1. The molecule has 2 aromatic rings. The number of nitrogens with zero attached hydrogens (tertiary/aromatic N) is 1. The number of nitrogens with one attached hydrogen (secondary N) is 1. The van der Waals surface area contributed by atoms with Gasteiger partial charge in [0.1, 0.15) is 6.10 Å². The van der Waals surface area contributed by atoms with Crippen molar-refractivity contribution in [1.82, 2.24) is 5.32 Å². The van der Waals surface area contributed by atoms with Crippen LogP contribution in [0.2, 0.25) is 0 Å². The van der Waals surface area contributed by atoms with Crippen molar-refractivity contribution in [2.45, 2.75) is 63.4 Å². The highest BCUT2D eigenvalue weighted by Gasteiger charge is 2.43. The fraction of sp³-hybridized carbons (Fsp3) is 0.407. The molecule has 5 rings (SSSR count). The first-order chi connectivity index (χ1) is 17.8. The van der Waals surface area contributed by atoms with E-state index in [1.165, 1.54) is 19.2 Å². The van der Waals surface area contributed by atoms with Crippen molar-refractivity contribution >= 4 is 28.8 Å². The van der Waals surface area contributed by atoms with Gasteiger partial charge in [0, 0.05) is 46.2 Å². The third-order valence-electron chi connectivity index (χ3n) is 7.40. The Kier molecular flexibility index (Phi) is 6.76. The summed E-state index contributed by atoms with van der Waals surface area (Å²) in [4.78, 5) is 39.4. The lowest BCUT2D eigenvalue weighted by atomic mass is 9.72. The van der Waals surface area contributed by atoms with Crippen molar-refractivity contribution in [3.8, 4) is 11.5 Å². The number of benzene rings is 1. The SMILES string of the molecule is COc1cc([C@@H]2C(C(=O)OC3CCCC3)=C(C)NC3=C2C(=O)C[C@@H](c2cccs2)C3)cc([N+](=O)[O-])c1O. The number of dihydropyridines is 1. The average molecular weight is 525 g/mol. The molecule has 0 bridgehead atoms. The predicted octanol–water partition coefficient (Wildman–Crippen LogP) is 5.22. The molecule has 37 heavy (non-hydrogen) atoms. The van der Waals surface area contributed by atoms with E-state index in [1.807, 2.05) is 17.5 Å². The molecule has 2 N–H and O–H groups in total.